The highest BCUT2D eigenvalue weighted by Crippen LogP contribution is 2.42. The second-order valence-electron chi connectivity index (χ2n) is 8.65. The first kappa shape index (κ1) is 23.5. The number of rotatable bonds is 7. The summed E-state index contributed by atoms with van der Waals surface area (Å²) in [5.41, 5.74) is 1.62. The lowest BCUT2D eigenvalue weighted by Gasteiger charge is -2.51. The Hall–Kier alpha value is -3.62. The van der Waals surface area contributed by atoms with E-state index in [-0.39, 0.29) is 30.6 Å². The number of ether oxygens (including phenoxy) is 1. The van der Waals surface area contributed by atoms with Gasteiger partial charge in [-0.25, -0.2) is 9.37 Å². The van der Waals surface area contributed by atoms with E-state index in [1.165, 1.54) is 12.3 Å². The molecule has 0 unspecified atom stereocenters. The summed E-state index contributed by atoms with van der Waals surface area (Å²) in [4.78, 5) is 23.3. The number of nitrogens with zero attached hydrogens (tertiary/aromatic N) is 3. The van der Waals surface area contributed by atoms with Crippen LogP contribution in [0.4, 0.5) is 24.5 Å². The second kappa shape index (κ2) is 9.32. The Bertz CT molecular complexity index is 1200. The number of carbonyl (C=O) groups is 1. The first-order chi connectivity index (χ1) is 16.2. The molecule has 9 heteroatoms. The van der Waals surface area contributed by atoms with Crippen LogP contribution in [-0.2, 0) is 10.2 Å². The number of aromatic nitrogens is 2. The summed E-state index contributed by atoms with van der Waals surface area (Å²) in [5.74, 6) is -1.11. The zero-order valence-corrected chi connectivity index (χ0v) is 19.1. The summed E-state index contributed by atoms with van der Waals surface area (Å²) in [6.07, 6.45) is 2.62. The average molecular weight is 470 g/mol. The maximum atomic E-state index is 14.4. The number of benzene rings is 1. The SMILES string of the molecule is Cc1ccc(NC(=O)C2(c3ccccc3C(C)C)CN(c3ccncc3F)C2)c(OC(F)F)n1. The molecule has 2 aromatic heterocycles. The molecule has 0 aliphatic carbocycles. The third-order valence-electron chi connectivity index (χ3n) is 5.99. The molecule has 1 amide bonds. The molecule has 1 saturated heterocycles. The van der Waals surface area contributed by atoms with E-state index in [2.05, 4.69) is 20.0 Å². The molecule has 178 valence electrons. The van der Waals surface area contributed by atoms with Gasteiger partial charge in [-0.1, -0.05) is 38.1 Å². The fourth-order valence-electron chi connectivity index (χ4n) is 4.32. The van der Waals surface area contributed by atoms with Gasteiger partial charge in [0.1, 0.15) is 11.1 Å². The van der Waals surface area contributed by atoms with Crippen LogP contribution in [0, 0.1) is 12.7 Å². The lowest BCUT2D eigenvalue weighted by molar-refractivity contribution is -0.122. The van der Waals surface area contributed by atoms with Crippen molar-refractivity contribution in [3.05, 3.63) is 77.5 Å². The van der Waals surface area contributed by atoms with Crippen molar-refractivity contribution in [2.75, 3.05) is 23.3 Å². The van der Waals surface area contributed by atoms with E-state index in [0.717, 1.165) is 17.3 Å². The Labute approximate surface area is 195 Å². The molecule has 1 fully saturated rings. The smallest absolute Gasteiger partial charge is 0.388 e. The van der Waals surface area contributed by atoms with Gasteiger partial charge in [-0.15, -0.1) is 0 Å². The molecule has 3 aromatic rings. The van der Waals surface area contributed by atoms with Gasteiger partial charge in [0.05, 0.1) is 11.9 Å². The summed E-state index contributed by atoms with van der Waals surface area (Å²) in [6, 6.07) is 12.3. The van der Waals surface area contributed by atoms with E-state index in [0.29, 0.717) is 11.4 Å². The van der Waals surface area contributed by atoms with Crippen molar-refractivity contribution in [1.29, 1.82) is 0 Å². The number of nitrogens with one attached hydrogen (secondary N) is 1. The molecule has 0 atom stereocenters. The van der Waals surface area contributed by atoms with Crippen LogP contribution >= 0.6 is 0 Å². The van der Waals surface area contributed by atoms with E-state index >= 15 is 0 Å². The predicted octanol–water partition coefficient (Wildman–Crippen LogP) is 5.05. The summed E-state index contributed by atoms with van der Waals surface area (Å²) >= 11 is 0. The maximum Gasteiger partial charge on any atom is 0.388 e. The number of amides is 1. The number of aryl methyl sites for hydroxylation is 1. The van der Waals surface area contributed by atoms with Crippen LogP contribution in [0.1, 0.15) is 36.6 Å². The summed E-state index contributed by atoms with van der Waals surface area (Å²) in [6.45, 7) is 3.01. The van der Waals surface area contributed by atoms with Crippen molar-refractivity contribution in [2.45, 2.75) is 38.7 Å². The molecule has 1 aliphatic heterocycles. The molecular weight excluding hydrogens is 445 g/mol. The number of anilines is 2. The highest BCUT2D eigenvalue weighted by atomic mass is 19.3. The Morgan fingerprint density at radius 1 is 1.15 bits per heavy atom. The molecule has 6 nitrogen and oxygen atoms in total. The molecule has 1 aliphatic rings. The molecular formula is C25H25F3N4O2. The van der Waals surface area contributed by atoms with Crippen molar-refractivity contribution in [1.82, 2.24) is 9.97 Å². The molecule has 3 heterocycles. The van der Waals surface area contributed by atoms with Crippen LogP contribution in [0.15, 0.2) is 54.9 Å². The van der Waals surface area contributed by atoms with Crippen molar-refractivity contribution in [3.63, 3.8) is 0 Å². The highest BCUT2D eigenvalue weighted by Gasteiger charge is 2.52. The largest absolute Gasteiger partial charge is 0.415 e. The molecule has 0 radical (unpaired) electrons. The number of alkyl halides is 2. The minimum atomic E-state index is -3.09. The zero-order chi connectivity index (χ0) is 24.5. The molecule has 1 aromatic carbocycles. The Morgan fingerprint density at radius 2 is 1.88 bits per heavy atom. The normalized spacial score (nSPS) is 14.8. The maximum absolute atomic E-state index is 14.4. The Kier molecular flexibility index (Phi) is 6.45. The quantitative estimate of drug-likeness (QED) is 0.524. The number of pyridine rings is 2. The summed E-state index contributed by atoms with van der Waals surface area (Å²) in [5, 5.41) is 2.74. The molecule has 0 saturated carbocycles. The monoisotopic (exact) mass is 470 g/mol. The van der Waals surface area contributed by atoms with E-state index < -0.39 is 23.8 Å². The average Bonchev–Trinajstić information content (AvgIpc) is 2.76. The second-order valence-corrected chi connectivity index (χ2v) is 8.65. The van der Waals surface area contributed by atoms with Crippen LogP contribution in [0.2, 0.25) is 0 Å². The van der Waals surface area contributed by atoms with E-state index in [1.807, 2.05) is 38.1 Å². The van der Waals surface area contributed by atoms with Gasteiger partial charge in [0.25, 0.3) is 0 Å². The third kappa shape index (κ3) is 4.42. The minimum Gasteiger partial charge on any atom is -0.415 e. The number of hydrogen-bond acceptors (Lipinski definition) is 5. The van der Waals surface area contributed by atoms with Gasteiger partial charge < -0.3 is 15.0 Å². The topological polar surface area (TPSA) is 67.4 Å². The molecule has 0 spiro atoms. The van der Waals surface area contributed by atoms with Crippen molar-refractivity contribution < 1.29 is 22.7 Å². The van der Waals surface area contributed by atoms with Crippen LogP contribution < -0.4 is 15.0 Å². The summed E-state index contributed by atoms with van der Waals surface area (Å²) < 4.78 is 44.8. The van der Waals surface area contributed by atoms with Gasteiger partial charge in [-0.2, -0.15) is 8.78 Å². The molecule has 34 heavy (non-hydrogen) atoms. The highest BCUT2D eigenvalue weighted by molar-refractivity contribution is 6.02. The Balaban J connectivity index is 1.72. The fourth-order valence-corrected chi connectivity index (χ4v) is 4.32. The van der Waals surface area contributed by atoms with Crippen molar-refractivity contribution >= 4 is 17.3 Å². The zero-order valence-electron chi connectivity index (χ0n) is 19.1. The molecule has 0 bridgehead atoms. The first-order valence-electron chi connectivity index (χ1n) is 10.9. The molecule has 1 N–H and O–H groups in total. The first-order valence-corrected chi connectivity index (χ1v) is 10.9. The van der Waals surface area contributed by atoms with Gasteiger partial charge in [0, 0.05) is 25.0 Å². The lowest BCUT2D eigenvalue weighted by Crippen LogP contribution is -2.65. The number of halogens is 3. The number of carbonyl (C=O) groups excluding carboxylic acids is 1. The Morgan fingerprint density at radius 3 is 2.56 bits per heavy atom. The van der Waals surface area contributed by atoms with E-state index in [1.54, 1.807) is 24.0 Å². The third-order valence-corrected chi connectivity index (χ3v) is 5.99. The lowest BCUT2D eigenvalue weighted by atomic mass is 9.69. The van der Waals surface area contributed by atoms with Crippen LogP contribution in [-0.4, -0.2) is 35.6 Å². The van der Waals surface area contributed by atoms with Crippen LogP contribution in [0.5, 0.6) is 5.88 Å². The predicted molar refractivity (Wildman–Crippen MR) is 123 cm³/mol. The van der Waals surface area contributed by atoms with Gasteiger partial charge in [0.15, 0.2) is 5.82 Å². The van der Waals surface area contributed by atoms with E-state index in [9.17, 15) is 18.0 Å². The summed E-state index contributed by atoms with van der Waals surface area (Å²) in [7, 11) is 0. The van der Waals surface area contributed by atoms with Gasteiger partial charge >= 0.3 is 6.61 Å². The standard InChI is InChI=1S/C25H25F3N4O2/c1-15(2)17-6-4-5-7-18(17)25(13-32(14-25)21-10-11-29-12-19(21)26)23(33)31-20-9-8-16(3)30-22(20)34-24(27)28/h4-12,15,24H,13-14H2,1-3H3,(H,31,33). The van der Waals surface area contributed by atoms with Crippen molar-refractivity contribution in [2.24, 2.45) is 0 Å². The van der Waals surface area contributed by atoms with Crippen molar-refractivity contribution in [3.8, 4) is 5.88 Å². The fraction of sp³-hybridized carbons (Fsp3) is 0.320. The number of hydrogen-bond donors (Lipinski definition) is 1. The van der Waals surface area contributed by atoms with Gasteiger partial charge in [0.2, 0.25) is 11.8 Å². The van der Waals surface area contributed by atoms with Crippen LogP contribution in [0.3, 0.4) is 0 Å². The van der Waals surface area contributed by atoms with E-state index in [4.69, 9.17) is 0 Å². The minimum absolute atomic E-state index is 0.0471. The van der Waals surface area contributed by atoms with Gasteiger partial charge in [-0.05, 0) is 42.2 Å². The molecule has 4 rings (SSSR count). The van der Waals surface area contributed by atoms with Gasteiger partial charge in [-0.3, -0.25) is 9.78 Å². The van der Waals surface area contributed by atoms with Crippen LogP contribution in [0.25, 0.3) is 0 Å².